The summed E-state index contributed by atoms with van der Waals surface area (Å²) in [4.78, 5) is 23.6. The molecule has 3 N–H and O–H groups in total. The molecule has 0 aliphatic heterocycles. The number of rotatable bonds is 8. The van der Waals surface area contributed by atoms with Crippen LogP contribution in [0.4, 0.5) is 33.5 Å². The molecule has 0 aliphatic carbocycles. The smallest absolute Gasteiger partial charge is 0.323 e. The molecule has 8 nitrogen and oxygen atoms in total. The van der Waals surface area contributed by atoms with Crippen molar-refractivity contribution in [1.29, 1.82) is 0 Å². The van der Waals surface area contributed by atoms with Crippen molar-refractivity contribution in [1.82, 2.24) is 9.97 Å². The Kier molecular flexibility index (Phi) is 7.49. The highest BCUT2D eigenvalue weighted by Crippen LogP contribution is 2.23. The van der Waals surface area contributed by atoms with Gasteiger partial charge in [0.15, 0.2) is 0 Å². The highest BCUT2D eigenvalue weighted by Gasteiger charge is 2.09. The van der Waals surface area contributed by atoms with Gasteiger partial charge in [-0.3, -0.25) is 0 Å². The number of hydrogen-bond donors (Lipinski definition) is 3. The summed E-state index contributed by atoms with van der Waals surface area (Å²) in [6.45, 7) is 9.76. The van der Waals surface area contributed by atoms with E-state index in [1.807, 2.05) is 62.4 Å². The van der Waals surface area contributed by atoms with Gasteiger partial charge >= 0.3 is 6.03 Å². The summed E-state index contributed by atoms with van der Waals surface area (Å²) in [6.07, 6.45) is 0. The standard InChI is InChI=1S/C24H30N6O2/c1-6-30(7-2)23-15-22(25-17(4)26-23)27-18-8-10-19(11-9-18)28-24(31)29-21-13-12-20(32-5)14-16(21)3/h8-15H,6-7H2,1-5H3,(H,25,26,27)(H2,28,29,31). The summed E-state index contributed by atoms with van der Waals surface area (Å²) in [7, 11) is 1.61. The molecule has 0 radical (unpaired) electrons. The van der Waals surface area contributed by atoms with E-state index in [2.05, 4.69) is 44.7 Å². The molecular formula is C24H30N6O2. The lowest BCUT2D eigenvalue weighted by atomic mass is 10.2. The van der Waals surface area contributed by atoms with Gasteiger partial charge in [0.2, 0.25) is 0 Å². The Hall–Kier alpha value is -3.81. The van der Waals surface area contributed by atoms with Crippen molar-refractivity contribution in [2.75, 3.05) is 41.0 Å². The molecule has 0 saturated carbocycles. The second-order valence-electron chi connectivity index (χ2n) is 7.29. The molecule has 0 saturated heterocycles. The molecule has 3 aromatic rings. The molecule has 32 heavy (non-hydrogen) atoms. The lowest BCUT2D eigenvalue weighted by Gasteiger charge is -2.20. The number of methoxy groups -OCH3 is 1. The molecule has 0 spiro atoms. The Morgan fingerprint density at radius 1 is 0.938 bits per heavy atom. The number of urea groups is 1. The van der Waals surface area contributed by atoms with E-state index < -0.39 is 0 Å². The molecular weight excluding hydrogens is 404 g/mol. The van der Waals surface area contributed by atoms with Gasteiger partial charge in [-0.25, -0.2) is 14.8 Å². The Balaban J connectivity index is 1.63. The number of benzene rings is 2. The third-order valence-electron chi connectivity index (χ3n) is 5.01. The maximum absolute atomic E-state index is 12.4. The second-order valence-corrected chi connectivity index (χ2v) is 7.29. The average Bonchev–Trinajstić information content (AvgIpc) is 2.77. The number of anilines is 5. The number of aryl methyl sites for hydroxylation is 2. The molecule has 0 unspecified atom stereocenters. The topological polar surface area (TPSA) is 91.4 Å². The largest absolute Gasteiger partial charge is 0.497 e. The Morgan fingerprint density at radius 2 is 1.62 bits per heavy atom. The van der Waals surface area contributed by atoms with Crippen LogP contribution in [-0.4, -0.2) is 36.2 Å². The van der Waals surface area contributed by atoms with Crippen LogP contribution < -0.4 is 25.6 Å². The predicted octanol–water partition coefficient (Wildman–Crippen LogP) is 5.34. The minimum atomic E-state index is -0.311. The van der Waals surface area contributed by atoms with E-state index >= 15 is 0 Å². The van der Waals surface area contributed by atoms with E-state index in [1.54, 1.807) is 7.11 Å². The zero-order chi connectivity index (χ0) is 23.1. The predicted molar refractivity (Wildman–Crippen MR) is 130 cm³/mol. The maximum Gasteiger partial charge on any atom is 0.323 e. The summed E-state index contributed by atoms with van der Waals surface area (Å²) in [5.41, 5.74) is 3.19. The molecule has 2 aromatic carbocycles. The quantitative estimate of drug-likeness (QED) is 0.443. The summed E-state index contributed by atoms with van der Waals surface area (Å²) >= 11 is 0. The van der Waals surface area contributed by atoms with Gasteiger partial charge in [-0.1, -0.05) is 0 Å². The van der Waals surface area contributed by atoms with Crippen molar-refractivity contribution in [3.63, 3.8) is 0 Å². The fraction of sp³-hybridized carbons (Fsp3) is 0.292. The Bertz CT molecular complexity index is 1060. The molecule has 168 valence electrons. The first-order chi connectivity index (χ1) is 15.4. The first-order valence-corrected chi connectivity index (χ1v) is 10.6. The molecule has 0 fully saturated rings. The van der Waals surface area contributed by atoms with Crippen LogP contribution in [-0.2, 0) is 0 Å². The maximum atomic E-state index is 12.4. The van der Waals surface area contributed by atoms with Gasteiger partial charge < -0.3 is 25.6 Å². The monoisotopic (exact) mass is 434 g/mol. The van der Waals surface area contributed by atoms with Crippen LogP contribution in [0.15, 0.2) is 48.5 Å². The molecule has 1 heterocycles. The first-order valence-electron chi connectivity index (χ1n) is 10.6. The minimum absolute atomic E-state index is 0.311. The van der Waals surface area contributed by atoms with Crippen LogP contribution in [0.3, 0.4) is 0 Å². The van der Waals surface area contributed by atoms with Gasteiger partial charge in [0.25, 0.3) is 0 Å². The number of aromatic nitrogens is 2. The SMILES string of the molecule is CCN(CC)c1cc(Nc2ccc(NC(=O)Nc3ccc(OC)cc3C)cc2)nc(C)n1. The van der Waals surface area contributed by atoms with E-state index in [1.165, 1.54) is 0 Å². The van der Waals surface area contributed by atoms with Crippen molar-refractivity contribution in [3.8, 4) is 5.75 Å². The van der Waals surface area contributed by atoms with Gasteiger partial charge in [0, 0.05) is 36.2 Å². The number of nitrogens with zero attached hydrogens (tertiary/aromatic N) is 3. The van der Waals surface area contributed by atoms with Crippen LogP contribution in [0.5, 0.6) is 5.75 Å². The average molecular weight is 435 g/mol. The van der Waals surface area contributed by atoms with Crippen molar-refractivity contribution in [2.45, 2.75) is 27.7 Å². The van der Waals surface area contributed by atoms with Crippen molar-refractivity contribution >= 4 is 34.7 Å². The molecule has 0 aliphatic rings. The van der Waals surface area contributed by atoms with Crippen molar-refractivity contribution in [2.24, 2.45) is 0 Å². The highest BCUT2D eigenvalue weighted by atomic mass is 16.5. The zero-order valence-corrected chi connectivity index (χ0v) is 19.2. The minimum Gasteiger partial charge on any atom is -0.497 e. The lowest BCUT2D eigenvalue weighted by Crippen LogP contribution is -2.23. The molecule has 8 heteroatoms. The van der Waals surface area contributed by atoms with Crippen LogP contribution in [0.1, 0.15) is 25.2 Å². The van der Waals surface area contributed by atoms with Gasteiger partial charge in [0.05, 0.1) is 7.11 Å². The first kappa shape index (κ1) is 22.9. The second kappa shape index (κ2) is 10.5. The molecule has 1 aromatic heterocycles. The Morgan fingerprint density at radius 3 is 2.25 bits per heavy atom. The van der Waals surface area contributed by atoms with E-state index in [0.717, 1.165) is 47.4 Å². The highest BCUT2D eigenvalue weighted by molar-refractivity contribution is 6.00. The van der Waals surface area contributed by atoms with Crippen LogP contribution in [0.25, 0.3) is 0 Å². The Labute approximate surface area is 189 Å². The fourth-order valence-electron chi connectivity index (χ4n) is 3.30. The summed E-state index contributed by atoms with van der Waals surface area (Å²) in [6, 6.07) is 14.6. The van der Waals surface area contributed by atoms with E-state index in [4.69, 9.17) is 4.74 Å². The normalized spacial score (nSPS) is 10.4. The molecule has 3 rings (SSSR count). The summed E-state index contributed by atoms with van der Waals surface area (Å²) in [5.74, 6) is 3.09. The van der Waals surface area contributed by atoms with E-state index in [-0.39, 0.29) is 6.03 Å². The van der Waals surface area contributed by atoms with E-state index in [9.17, 15) is 4.79 Å². The van der Waals surface area contributed by atoms with E-state index in [0.29, 0.717) is 11.5 Å². The molecule has 0 atom stereocenters. The zero-order valence-electron chi connectivity index (χ0n) is 19.2. The van der Waals surface area contributed by atoms with Gasteiger partial charge in [-0.15, -0.1) is 0 Å². The number of carbonyl (C=O) groups excluding carboxylic acids is 1. The van der Waals surface area contributed by atoms with Crippen molar-refractivity contribution in [3.05, 3.63) is 59.9 Å². The number of hydrogen-bond acceptors (Lipinski definition) is 6. The fourth-order valence-corrected chi connectivity index (χ4v) is 3.30. The van der Waals surface area contributed by atoms with Crippen LogP contribution in [0.2, 0.25) is 0 Å². The molecule has 2 amide bonds. The van der Waals surface area contributed by atoms with Gasteiger partial charge in [0.1, 0.15) is 23.2 Å². The third kappa shape index (κ3) is 5.87. The van der Waals surface area contributed by atoms with Crippen LogP contribution in [0, 0.1) is 13.8 Å². The molecule has 0 bridgehead atoms. The van der Waals surface area contributed by atoms with Crippen molar-refractivity contribution < 1.29 is 9.53 Å². The number of carbonyl (C=O) groups is 1. The number of ether oxygens (including phenoxy) is 1. The summed E-state index contributed by atoms with van der Waals surface area (Å²) in [5, 5.41) is 9.01. The third-order valence-corrected chi connectivity index (χ3v) is 5.01. The van der Waals surface area contributed by atoms with Gasteiger partial charge in [-0.2, -0.15) is 0 Å². The lowest BCUT2D eigenvalue weighted by molar-refractivity contribution is 0.262. The van der Waals surface area contributed by atoms with Gasteiger partial charge in [-0.05, 0) is 75.7 Å². The van der Waals surface area contributed by atoms with Crippen LogP contribution >= 0.6 is 0 Å². The number of nitrogens with one attached hydrogen (secondary N) is 3. The number of amides is 2. The summed E-state index contributed by atoms with van der Waals surface area (Å²) < 4.78 is 5.20.